The van der Waals surface area contributed by atoms with Gasteiger partial charge in [0.05, 0.1) is 15.9 Å². The maximum absolute atomic E-state index is 10.7. The van der Waals surface area contributed by atoms with Gasteiger partial charge in [-0.05, 0) is 18.6 Å². The molecule has 1 aromatic rings. The van der Waals surface area contributed by atoms with Gasteiger partial charge in [-0.3, -0.25) is 10.1 Å². The molecule has 0 spiro atoms. The van der Waals surface area contributed by atoms with Gasteiger partial charge in [0.15, 0.2) is 0 Å². The third kappa shape index (κ3) is 3.82. The van der Waals surface area contributed by atoms with E-state index in [1.807, 2.05) is 0 Å². The van der Waals surface area contributed by atoms with E-state index in [1.165, 1.54) is 29.3 Å². The Morgan fingerprint density at radius 1 is 1.29 bits per heavy atom. The average Bonchev–Trinajstić information content (AvgIpc) is 2.35. The number of benzene rings is 1. The smallest absolute Gasteiger partial charge is 0.258 e. The molecule has 92 valence electrons. The molecule has 0 aliphatic carbocycles. The van der Waals surface area contributed by atoms with Crippen LogP contribution >= 0.6 is 0 Å². The molecule has 0 fully saturated rings. The van der Waals surface area contributed by atoms with Gasteiger partial charge in [-0.15, -0.1) is 4.91 Å². The molecular weight excluding hydrogens is 222 g/mol. The monoisotopic (exact) mass is 237 g/mol. The normalized spacial score (nSPS) is 9.94. The molecule has 6 nitrogen and oxygen atoms in total. The summed E-state index contributed by atoms with van der Waals surface area (Å²) in [6.07, 6.45) is 2.96. The maximum Gasteiger partial charge on any atom is 0.269 e. The summed E-state index contributed by atoms with van der Waals surface area (Å²) < 4.78 is 0. The summed E-state index contributed by atoms with van der Waals surface area (Å²) in [7, 11) is 0. The van der Waals surface area contributed by atoms with Gasteiger partial charge in [-0.25, -0.2) is 5.01 Å². The van der Waals surface area contributed by atoms with Crippen molar-refractivity contribution in [2.45, 2.75) is 26.2 Å². The fourth-order valence-corrected chi connectivity index (χ4v) is 1.48. The van der Waals surface area contributed by atoms with Gasteiger partial charge in [0.1, 0.15) is 0 Å². The Bertz CT molecular complexity index is 378. The van der Waals surface area contributed by atoms with E-state index in [-0.39, 0.29) is 5.69 Å². The Kier molecular flexibility index (Phi) is 5.06. The van der Waals surface area contributed by atoms with Crippen LogP contribution in [0.3, 0.4) is 0 Å². The Morgan fingerprint density at radius 2 is 1.94 bits per heavy atom. The molecule has 0 heterocycles. The third-order valence-electron chi connectivity index (χ3n) is 2.43. The van der Waals surface area contributed by atoms with E-state index < -0.39 is 4.92 Å². The van der Waals surface area contributed by atoms with E-state index >= 15 is 0 Å². The molecule has 0 saturated heterocycles. The fraction of sp³-hybridized carbons (Fsp3) is 0.455. The minimum Gasteiger partial charge on any atom is -0.258 e. The van der Waals surface area contributed by atoms with Crippen molar-refractivity contribution >= 4 is 11.4 Å². The molecule has 0 atom stereocenters. The molecule has 0 unspecified atom stereocenters. The van der Waals surface area contributed by atoms with Gasteiger partial charge in [-0.2, -0.15) is 0 Å². The van der Waals surface area contributed by atoms with Crippen molar-refractivity contribution in [3.63, 3.8) is 0 Å². The first-order chi connectivity index (χ1) is 8.19. The molecule has 0 saturated carbocycles. The Hall–Kier alpha value is -1.98. The maximum atomic E-state index is 10.7. The molecule has 6 heteroatoms. The number of rotatable bonds is 7. The molecule has 0 aliphatic heterocycles. The first-order valence-corrected chi connectivity index (χ1v) is 5.54. The second-order valence-corrected chi connectivity index (χ2v) is 3.69. The predicted octanol–water partition coefficient (Wildman–Crippen LogP) is 3.27. The molecular formula is C11H15N3O3. The average molecular weight is 237 g/mol. The summed E-state index contributed by atoms with van der Waals surface area (Å²) in [4.78, 5) is 20.7. The molecule has 0 N–H and O–H groups in total. The zero-order chi connectivity index (χ0) is 12.7. The molecule has 1 aromatic carbocycles. The van der Waals surface area contributed by atoms with Crippen LogP contribution in [0, 0.1) is 15.0 Å². The summed E-state index contributed by atoms with van der Waals surface area (Å²) in [5.74, 6) is 0. The van der Waals surface area contributed by atoms with Gasteiger partial charge in [0, 0.05) is 18.7 Å². The standard InChI is InChI=1S/C11H15N3O3/c1-2-3-4-9-13(12-15)10-5-7-11(8-6-10)14(16)17/h5-8H,2-4,9H2,1H3. The molecule has 0 aliphatic rings. The van der Waals surface area contributed by atoms with Crippen LogP contribution in [-0.4, -0.2) is 11.5 Å². The zero-order valence-corrected chi connectivity index (χ0v) is 9.70. The van der Waals surface area contributed by atoms with Gasteiger partial charge in [-0.1, -0.05) is 19.8 Å². The fourth-order valence-electron chi connectivity index (χ4n) is 1.48. The van der Waals surface area contributed by atoms with Crippen LogP contribution in [0.15, 0.2) is 29.6 Å². The lowest BCUT2D eigenvalue weighted by molar-refractivity contribution is -0.384. The van der Waals surface area contributed by atoms with Crippen molar-refractivity contribution in [1.82, 2.24) is 0 Å². The molecule has 0 radical (unpaired) electrons. The zero-order valence-electron chi connectivity index (χ0n) is 9.70. The number of hydrogen-bond acceptors (Lipinski definition) is 4. The van der Waals surface area contributed by atoms with Crippen molar-refractivity contribution in [3.8, 4) is 0 Å². The molecule has 0 aromatic heterocycles. The lowest BCUT2D eigenvalue weighted by Gasteiger charge is -2.14. The van der Waals surface area contributed by atoms with Crippen molar-refractivity contribution in [2.75, 3.05) is 11.6 Å². The van der Waals surface area contributed by atoms with Crippen LogP contribution in [0.4, 0.5) is 11.4 Å². The number of nitroso groups, excluding NO2 is 1. The highest BCUT2D eigenvalue weighted by Crippen LogP contribution is 2.20. The van der Waals surface area contributed by atoms with Gasteiger partial charge in [0.25, 0.3) is 5.69 Å². The van der Waals surface area contributed by atoms with E-state index in [0.717, 1.165) is 19.3 Å². The Labute approximate surface area is 99.3 Å². The van der Waals surface area contributed by atoms with Crippen LogP contribution < -0.4 is 5.01 Å². The number of hydrogen-bond donors (Lipinski definition) is 0. The van der Waals surface area contributed by atoms with Crippen LogP contribution in [0.2, 0.25) is 0 Å². The molecule has 0 bridgehead atoms. The summed E-state index contributed by atoms with van der Waals surface area (Å²) >= 11 is 0. The van der Waals surface area contributed by atoms with Gasteiger partial charge >= 0.3 is 0 Å². The van der Waals surface area contributed by atoms with Gasteiger partial charge < -0.3 is 0 Å². The summed E-state index contributed by atoms with van der Waals surface area (Å²) in [5, 5.41) is 14.7. The second kappa shape index (κ2) is 6.57. The lowest BCUT2D eigenvalue weighted by atomic mass is 10.2. The second-order valence-electron chi connectivity index (χ2n) is 3.69. The first-order valence-electron chi connectivity index (χ1n) is 5.54. The largest absolute Gasteiger partial charge is 0.269 e. The highest BCUT2D eigenvalue weighted by Gasteiger charge is 2.09. The van der Waals surface area contributed by atoms with Crippen LogP contribution in [-0.2, 0) is 0 Å². The van der Waals surface area contributed by atoms with E-state index in [0.29, 0.717) is 12.2 Å². The third-order valence-corrected chi connectivity index (χ3v) is 2.43. The van der Waals surface area contributed by atoms with Crippen LogP contribution in [0.1, 0.15) is 26.2 Å². The highest BCUT2D eigenvalue weighted by atomic mass is 16.6. The van der Waals surface area contributed by atoms with E-state index in [2.05, 4.69) is 12.2 Å². The number of non-ortho nitro benzene ring substituents is 1. The van der Waals surface area contributed by atoms with Crippen LogP contribution in [0.25, 0.3) is 0 Å². The molecule has 17 heavy (non-hydrogen) atoms. The van der Waals surface area contributed by atoms with E-state index in [1.54, 1.807) is 0 Å². The number of nitro benzene ring substituents is 1. The Balaban J connectivity index is 2.68. The number of unbranched alkanes of at least 4 members (excludes halogenated alkanes) is 2. The van der Waals surface area contributed by atoms with Crippen molar-refractivity contribution in [3.05, 3.63) is 39.3 Å². The van der Waals surface area contributed by atoms with Crippen molar-refractivity contribution in [1.29, 1.82) is 0 Å². The predicted molar refractivity (Wildman–Crippen MR) is 65.8 cm³/mol. The summed E-state index contributed by atoms with van der Waals surface area (Å²) in [5.41, 5.74) is 0.592. The SMILES string of the molecule is CCCCCN(N=O)c1ccc([N+](=O)[O-])cc1. The quantitative estimate of drug-likeness (QED) is 0.315. The van der Waals surface area contributed by atoms with Crippen molar-refractivity contribution < 1.29 is 4.92 Å². The minimum atomic E-state index is -0.473. The minimum absolute atomic E-state index is 0.00755. The topological polar surface area (TPSA) is 75.8 Å². The van der Waals surface area contributed by atoms with Crippen molar-refractivity contribution in [2.24, 2.45) is 5.29 Å². The Morgan fingerprint density at radius 3 is 2.41 bits per heavy atom. The number of anilines is 1. The molecule has 0 amide bonds. The summed E-state index contributed by atoms with van der Waals surface area (Å²) in [6, 6.07) is 5.80. The molecule has 1 rings (SSSR count). The summed E-state index contributed by atoms with van der Waals surface area (Å²) in [6.45, 7) is 2.61. The van der Waals surface area contributed by atoms with Gasteiger partial charge in [0.2, 0.25) is 0 Å². The highest BCUT2D eigenvalue weighted by molar-refractivity contribution is 5.50. The lowest BCUT2D eigenvalue weighted by Crippen LogP contribution is -2.16. The number of nitrogens with zero attached hydrogens (tertiary/aromatic N) is 3. The van der Waals surface area contributed by atoms with E-state index in [4.69, 9.17) is 0 Å². The first kappa shape index (κ1) is 13.1. The number of nitro groups is 1. The van der Waals surface area contributed by atoms with E-state index in [9.17, 15) is 15.0 Å². The van der Waals surface area contributed by atoms with Crippen LogP contribution in [0.5, 0.6) is 0 Å².